The van der Waals surface area contributed by atoms with Crippen LogP contribution in [0.2, 0.25) is 0 Å². The van der Waals surface area contributed by atoms with E-state index in [4.69, 9.17) is 9.47 Å². The van der Waals surface area contributed by atoms with E-state index in [1.54, 1.807) is 18.5 Å². The second-order valence-electron chi connectivity index (χ2n) is 13.0. The van der Waals surface area contributed by atoms with Crippen molar-refractivity contribution in [2.45, 2.75) is 51.0 Å². The van der Waals surface area contributed by atoms with Crippen molar-refractivity contribution in [3.63, 3.8) is 0 Å². The van der Waals surface area contributed by atoms with Gasteiger partial charge < -0.3 is 25.1 Å². The van der Waals surface area contributed by atoms with Gasteiger partial charge in [-0.3, -0.25) is 19.4 Å². The third-order valence-corrected chi connectivity index (χ3v) is 9.50. The number of benzene rings is 4. The lowest BCUT2D eigenvalue weighted by atomic mass is 10.0. The van der Waals surface area contributed by atoms with Gasteiger partial charge in [-0.1, -0.05) is 84.9 Å². The highest BCUT2D eigenvalue weighted by Crippen LogP contribution is 2.31. The first-order valence-electron chi connectivity index (χ1n) is 17.7. The van der Waals surface area contributed by atoms with Crippen molar-refractivity contribution in [3.8, 4) is 22.5 Å². The molecule has 12 heteroatoms. The van der Waals surface area contributed by atoms with E-state index in [0.29, 0.717) is 37.3 Å². The van der Waals surface area contributed by atoms with Gasteiger partial charge in [0.1, 0.15) is 25.3 Å². The molecule has 0 aliphatic carbocycles. The Hall–Kier alpha value is -6.43. The standard InChI is InChI=1S/C41H40N6O6/c48-38(34-13-7-23-46(34)40(50)52-25-28-9-3-1-4-10-28)44-32-19-15-30(16-20-32)36-37(43-27-42-36)31-17-21-33(22-18-31)45-39(49)35-14-8-24-47(35)41(51)53-26-29-11-5-2-6-12-29/h1-6,9-12,15-22,27,34-35H,7-8,13-14,23-26H2,(H,42,43)(H,44,48)(H,45,49)/t34-,35-/m0/s1. The summed E-state index contributed by atoms with van der Waals surface area (Å²) in [5.41, 5.74) is 6.19. The summed E-state index contributed by atoms with van der Waals surface area (Å²) >= 11 is 0. The number of H-pyrrole nitrogens is 1. The number of aromatic amines is 1. The maximum absolute atomic E-state index is 13.2. The van der Waals surface area contributed by atoms with Gasteiger partial charge in [0.15, 0.2) is 0 Å². The second kappa shape index (κ2) is 16.3. The SMILES string of the molecule is O=C(Nc1ccc(-c2nc[nH]c2-c2ccc(NC(=O)[C@@H]3CCCN3C(=O)OCc3ccccc3)cc2)cc1)[C@@H]1CCCN1C(=O)OCc1ccccc1. The lowest BCUT2D eigenvalue weighted by Gasteiger charge is -2.23. The lowest BCUT2D eigenvalue weighted by molar-refractivity contribution is -0.120. The van der Waals surface area contributed by atoms with E-state index in [1.165, 1.54) is 9.80 Å². The summed E-state index contributed by atoms with van der Waals surface area (Å²) in [7, 11) is 0. The van der Waals surface area contributed by atoms with Crippen LogP contribution in [-0.2, 0) is 32.3 Å². The fourth-order valence-corrected chi connectivity index (χ4v) is 6.74. The van der Waals surface area contributed by atoms with E-state index in [-0.39, 0.29) is 25.0 Å². The Bertz CT molecular complexity index is 1890. The maximum atomic E-state index is 13.2. The van der Waals surface area contributed by atoms with Crippen LogP contribution in [0.15, 0.2) is 116 Å². The molecule has 2 atom stereocenters. The van der Waals surface area contributed by atoms with Gasteiger partial charge in [-0.25, -0.2) is 14.6 Å². The Balaban J connectivity index is 0.933. The highest BCUT2D eigenvalue weighted by molar-refractivity contribution is 5.98. The number of nitrogens with one attached hydrogen (secondary N) is 3. The topological polar surface area (TPSA) is 146 Å². The van der Waals surface area contributed by atoms with Crippen molar-refractivity contribution in [1.82, 2.24) is 19.8 Å². The average Bonchev–Trinajstić information content (AvgIpc) is 4.00. The molecular formula is C41H40N6O6. The third kappa shape index (κ3) is 8.39. The fourth-order valence-electron chi connectivity index (χ4n) is 6.74. The van der Waals surface area contributed by atoms with Gasteiger partial charge in [-0.15, -0.1) is 0 Å². The number of likely N-dealkylation sites (tertiary alicyclic amines) is 2. The number of imidazole rings is 1. The van der Waals surface area contributed by atoms with Crippen LogP contribution in [-0.4, -0.2) is 68.9 Å². The second-order valence-corrected chi connectivity index (χ2v) is 13.0. The molecule has 0 bridgehead atoms. The predicted molar refractivity (Wildman–Crippen MR) is 199 cm³/mol. The Morgan fingerprint density at radius 3 is 1.55 bits per heavy atom. The number of aromatic nitrogens is 2. The van der Waals surface area contributed by atoms with Crippen molar-refractivity contribution in [3.05, 3.63) is 127 Å². The summed E-state index contributed by atoms with van der Waals surface area (Å²) in [6.45, 7) is 1.23. The first-order chi connectivity index (χ1) is 25.9. The van der Waals surface area contributed by atoms with Gasteiger partial charge in [0.25, 0.3) is 0 Å². The smallest absolute Gasteiger partial charge is 0.410 e. The zero-order valence-electron chi connectivity index (χ0n) is 29.1. The van der Waals surface area contributed by atoms with Crippen LogP contribution in [0.3, 0.4) is 0 Å². The average molecular weight is 713 g/mol. The number of hydrogen-bond donors (Lipinski definition) is 3. The maximum Gasteiger partial charge on any atom is 0.410 e. The highest BCUT2D eigenvalue weighted by atomic mass is 16.6. The van der Waals surface area contributed by atoms with Crippen molar-refractivity contribution in [2.24, 2.45) is 0 Å². The van der Waals surface area contributed by atoms with Crippen molar-refractivity contribution < 1.29 is 28.7 Å². The minimum absolute atomic E-state index is 0.150. The molecule has 4 amide bonds. The minimum Gasteiger partial charge on any atom is -0.445 e. The summed E-state index contributed by atoms with van der Waals surface area (Å²) in [4.78, 5) is 62.8. The number of anilines is 2. The van der Waals surface area contributed by atoms with Crippen LogP contribution in [0.1, 0.15) is 36.8 Å². The van der Waals surface area contributed by atoms with Gasteiger partial charge in [0.05, 0.1) is 17.7 Å². The molecule has 12 nitrogen and oxygen atoms in total. The van der Waals surface area contributed by atoms with Gasteiger partial charge in [0.2, 0.25) is 11.8 Å². The monoisotopic (exact) mass is 712 g/mol. The third-order valence-electron chi connectivity index (χ3n) is 9.50. The number of rotatable bonds is 10. The van der Waals surface area contributed by atoms with Crippen molar-refractivity contribution in [2.75, 3.05) is 23.7 Å². The molecule has 1 aromatic heterocycles. The van der Waals surface area contributed by atoms with E-state index in [1.807, 2.05) is 97.1 Å². The van der Waals surface area contributed by atoms with Crippen LogP contribution in [0.25, 0.3) is 22.5 Å². The molecule has 3 N–H and O–H groups in total. The molecule has 0 radical (unpaired) electrons. The molecule has 7 rings (SSSR count). The lowest BCUT2D eigenvalue weighted by Crippen LogP contribution is -2.43. The number of amides is 4. The Kier molecular flexibility index (Phi) is 10.7. The van der Waals surface area contributed by atoms with E-state index in [0.717, 1.165) is 46.5 Å². The normalized spacial score (nSPS) is 16.6. The van der Waals surface area contributed by atoms with Crippen LogP contribution >= 0.6 is 0 Å². The molecule has 0 saturated carbocycles. The summed E-state index contributed by atoms with van der Waals surface area (Å²) < 4.78 is 11.0. The molecule has 2 aliphatic heterocycles. The molecule has 5 aromatic rings. The predicted octanol–water partition coefficient (Wildman–Crippen LogP) is 7.22. The molecule has 4 aromatic carbocycles. The van der Waals surface area contributed by atoms with Gasteiger partial charge in [-0.2, -0.15) is 0 Å². The van der Waals surface area contributed by atoms with E-state index >= 15 is 0 Å². The Morgan fingerprint density at radius 2 is 1.08 bits per heavy atom. The molecule has 0 spiro atoms. The summed E-state index contributed by atoms with van der Waals surface area (Å²) in [5, 5.41) is 5.89. The van der Waals surface area contributed by atoms with Crippen molar-refractivity contribution >= 4 is 35.4 Å². The van der Waals surface area contributed by atoms with E-state index < -0.39 is 24.3 Å². The largest absolute Gasteiger partial charge is 0.445 e. The molecule has 2 aliphatic rings. The fraction of sp³-hybridized carbons (Fsp3) is 0.244. The molecular weight excluding hydrogens is 672 g/mol. The minimum atomic E-state index is -0.609. The van der Waals surface area contributed by atoms with Crippen LogP contribution in [0, 0.1) is 0 Å². The number of hydrogen-bond acceptors (Lipinski definition) is 7. The van der Waals surface area contributed by atoms with Gasteiger partial charge in [0, 0.05) is 35.6 Å². The van der Waals surface area contributed by atoms with Crippen molar-refractivity contribution in [1.29, 1.82) is 0 Å². The summed E-state index contributed by atoms with van der Waals surface area (Å²) in [6.07, 6.45) is 3.19. The summed E-state index contributed by atoms with van der Waals surface area (Å²) in [5.74, 6) is -0.520. The molecule has 3 heterocycles. The Morgan fingerprint density at radius 1 is 0.623 bits per heavy atom. The van der Waals surface area contributed by atoms with Crippen LogP contribution in [0.5, 0.6) is 0 Å². The number of nitrogens with zero attached hydrogens (tertiary/aromatic N) is 3. The van der Waals surface area contributed by atoms with E-state index in [2.05, 4.69) is 20.6 Å². The van der Waals surface area contributed by atoms with Gasteiger partial charge in [-0.05, 0) is 61.1 Å². The molecule has 270 valence electrons. The van der Waals surface area contributed by atoms with Crippen LogP contribution < -0.4 is 10.6 Å². The molecule has 2 saturated heterocycles. The summed E-state index contributed by atoms with van der Waals surface area (Å²) in [6, 6.07) is 32.4. The molecule has 2 fully saturated rings. The van der Waals surface area contributed by atoms with Gasteiger partial charge >= 0.3 is 12.2 Å². The zero-order chi connectivity index (χ0) is 36.6. The van der Waals surface area contributed by atoms with E-state index in [9.17, 15) is 19.2 Å². The molecule has 0 unspecified atom stereocenters. The highest BCUT2D eigenvalue weighted by Gasteiger charge is 2.36. The first kappa shape index (κ1) is 35.0. The van der Waals surface area contributed by atoms with Crippen LogP contribution in [0.4, 0.5) is 21.0 Å². The number of ether oxygens (including phenoxy) is 2. The first-order valence-corrected chi connectivity index (χ1v) is 17.7. The number of carbonyl (C=O) groups excluding carboxylic acids is 4. The molecule has 53 heavy (non-hydrogen) atoms. The quantitative estimate of drug-likeness (QED) is 0.139. The zero-order valence-corrected chi connectivity index (χ0v) is 29.1. The number of carbonyl (C=O) groups is 4. The Labute approximate surface area is 307 Å².